The molecule has 0 aromatic rings. The molecule has 5 nitrogen and oxygen atoms in total. The minimum Gasteiger partial charge on any atom is -0.469 e. The van der Waals surface area contributed by atoms with Gasteiger partial charge < -0.3 is 19.3 Å². The van der Waals surface area contributed by atoms with Crippen LogP contribution in [-0.2, 0) is 19.0 Å². The summed E-state index contributed by atoms with van der Waals surface area (Å²) in [5, 5.41) is 9.25. The second kappa shape index (κ2) is 9.07. The fourth-order valence-corrected chi connectivity index (χ4v) is 2.03. The number of carbonyl (C=O) groups excluding carboxylic acids is 1. The van der Waals surface area contributed by atoms with Crippen molar-refractivity contribution in [2.45, 2.75) is 45.0 Å². The van der Waals surface area contributed by atoms with Crippen LogP contribution in [0.5, 0.6) is 0 Å². The van der Waals surface area contributed by atoms with E-state index in [9.17, 15) is 9.90 Å². The van der Waals surface area contributed by atoms with E-state index in [1.807, 2.05) is 6.92 Å². The predicted molar refractivity (Wildman–Crippen MR) is 70.5 cm³/mol. The van der Waals surface area contributed by atoms with Crippen molar-refractivity contribution in [1.82, 2.24) is 0 Å². The molecular weight excluding hydrogens is 248 g/mol. The minimum absolute atomic E-state index is 0.0224. The van der Waals surface area contributed by atoms with Crippen LogP contribution in [0.15, 0.2) is 12.2 Å². The molecule has 1 fully saturated rings. The maximum absolute atomic E-state index is 10.9. The lowest BCUT2D eigenvalue weighted by molar-refractivity contribution is -0.234. The summed E-state index contributed by atoms with van der Waals surface area (Å²) in [6.07, 6.45) is 6.64. The van der Waals surface area contributed by atoms with Gasteiger partial charge in [0, 0.05) is 12.3 Å². The summed E-state index contributed by atoms with van der Waals surface area (Å²) in [7, 11) is 1.40. The van der Waals surface area contributed by atoms with Crippen molar-refractivity contribution >= 4 is 5.97 Å². The normalized spacial score (nSPS) is 27.6. The summed E-state index contributed by atoms with van der Waals surface area (Å²) in [6, 6.07) is 0. The van der Waals surface area contributed by atoms with E-state index in [2.05, 4.69) is 16.9 Å². The molecule has 0 bridgehead atoms. The molecular formula is C14H24O5. The van der Waals surface area contributed by atoms with Gasteiger partial charge in [0.15, 0.2) is 6.29 Å². The molecule has 110 valence electrons. The average Bonchev–Trinajstić information content (AvgIpc) is 2.43. The molecule has 3 atom stereocenters. The fourth-order valence-electron chi connectivity index (χ4n) is 2.03. The highest BCUT2D eigenvalue weighted by Gasteiger charge is 2.28. The van der Waals surface area contributed by atoms with E-state index in [-0.39, 0.29) is 30.9 Å². The Kier molecular flexibility index (Phi) is 7.70. The first-order chi connectivity index (χ1) is 9.17. The maximum atomic E-state index is 10.9. The van der Waals surface area contributed by atoms with Gasteiger partial charge in [-0.25, -0.2) is 0 Å². The highest BCUT2D eigenvalue weighted by Crippen LogP contribution is 2.21. The quantitative estimate of drug-likeness (QED) is 0.433. The Morgan fingerprint density at radius 1 is 1.47 bits per heavy atom. The number of rotatable bonds is 7. The molecule has 0 aromatic heterocycles. The monoisotopic (exact) mass is 272 g/mol. The number of aliphatic hydroxyl groups excluding tert-OH is 1. The summed E-state index contributed by atoms with van der Waals surface area (Å²) >= 11 is 0. The Balaban J connectivity index is 2.18. The number of hydrogen-bond donors (Lipinski definition) is 1. The number of allylic oxidation sites excluding steroid dienone is 2. The average molecular weight is 272 g/mol. The van der Waals surface area contributed by atoms with Gasteiger partial charge in [0.05, 0.1) is 26.4 Å². The van der Waals surface area contributed by atoms with Crippen LogP contribution < -0.4 is 0 Å². The molecule has 1 rings (SSSR count). The molecule has 0 aliphatic carbocycles. The largest absolute Gasteiger partial charge is 0.469 e. The van der Waals surface area contributed by atoms with Crippen LogP contribution in [0.4, 0.5) is 0 Å². The van der Waals surface area contributed by atoms with Gasteiger partial charge in [-0.3, -0.25) is 4.79 Å². The number of carbonyl (C=O) groups is 1. The first-order valence-corrected chi connectivity index (χ1v) is 6.77. The van der Waals surface area contributed by atoms with Gasteiger partial charge in [0.2, 0.25) is 0 Å². The molecule has 0 saturated carbocycles. The minimum atomic E-state index is -0.238. The van der Waals surface area contributed by atoms with Crippen molar-refractivity contribution in [2.24, 2.45) is 5.92 Å². The zero-order chi connectivity index (χ0) is 14.1. The van der Waals surface area contributed by atoms with Crippen LogP contribution in [0, 0.1) is 5.92 Å². The topological polar surface area (TPSA) is 65.0 Å². The van der Waals surface area contributed by atoms with Gasteiger partial charge in [-0.1, -0.05) is 12.2 Å². The summed E-state index contributed by atoms with van der Waals surface area (Å²) in [5.74, 6) is 0.0230. The van der Waals surface area contributed by atoms with Crippen molar-refractivity contribution < 1.29 is 24.1 Å². The molecule has 3 unspecified atom stereocenters. The highest BCUT2D eigenvalue weighted by molar-refractivity contribution is 5.68. The Morgan fingerprint density at radius 2 is 2.26 bits per heavy atom. The van der Waals surface area contributed by atoms with Crippen LogP contribution in [0.1, 0.15) is 32.6 Å². The Labute approximate surface area is 114 Å². The predicted octanol–water partition coefficient (Wildman–Crippen LogP) is 1.65. The number of ether oxygens (including phenoxy) is 3. The second-order valence-electron chi connectivity index (χ2n) is 4.69. The number of aliphatic hydroxyl groups is 1. The molecule has 1 aliphatic rings. The zero-order valence-electron chi connectivity index (χ0n) is 11.7. The Hall–Kier alpha value is -0.910. The standard InChI is InChI=1S/C14H24O5/c1-11-18-10-12(13(9-15)19-11)7-5-3-4-6-8-14(16)17-2/h3,5,11-13,15H,4,6-10H2,1-2H3. The molecule has 0 spiro atoms. The van der Waals surface area contributed by atoms with Crippen molar-refractivity contribution in [2.75, 3.05) is 20.3 Å². The van der Waals surface area contributed by atoms with Gasteiger partial charge in [-0.2, -0.15) is 0 Å². The molecule has 5 heteroatoms. The summed E-state index contributed by atoms with van der Waals surface area (Å²) in [6.45, 7) is 2.47. The smallest absolute Gasteiger partial charge is 0.305 e. The molecule has 1 saturated heterocycles. The first kappa shape index (κ1) is 16.1. The van der Waals surface area contributed by atoms with Crippen molar-refractivity contribution in [3.63, 3.8) is 0 Å². The molecule has 19 heavy (non-hydrogen) atoms. The molecule has 0 radical (unpaired) electrons. The zero-order valence-corrected chi connectivity index (χ0v) is 11.7. The van der Waals surface area contributed by atoms with Crippen LogP contribution in [0.2, 0.25) is 0 Å². The maximum Gasteiger partial charge on any atom is 0.305 e. The summed E-state index contributed by atoms with van der Waals surface area (Å²) < 4.78 is 15.5. The molecule has 1 N–H and O–H groups in total. The second-order valence-corrected chi connectivity index (χ2v) is 4.69. The molecule has 1 heterocycles. The van der Waals surface area contributed by atoms with Crippen LogP contribution in [0.3, 0.4) is 0 Å². The van der Waals surface area contributed by atoms with Gasteiger partial charge in [-0.15, -0.1) is 0 Å². The van der Waals surface area contributed by atoms with Gasteiger partial charge in [0.25, 0.3) is 0 Å². The third-order valence-electron chi connectivity index (χ3n) is 3.20. The van der Waals surface area contributed by atoms with E-state index in [1.165, 1.54) is 7.11 Å². The molecule has 0 aromatic carbocycles. The SMILES string of the molecule is COC(=O)CCCC=CCC1COC(C)OC1CO. The molecule has 0 amide bonds. The lowest BCUT2D eigenvalue weighted by Crippen LogP contribution is -2.40. The summed E-state index contributed by atoms with van der Waals surface area (Å²) in [5.41, 5.74) is 0. The number of methoxy groups -OCH3 is 1. The van der Waals surface area contributed by atoms with Gasteiger partial charge in [-0.05, 0) is 26.2 Å². The van der Waals surface area contributed by atoms with E-state index < -0.39 is 0 Å². The Morgan fingerprint density at radius 3 is 2.95 bits per heavy atom. The van der Waals surface area contributed by atoms with E-state index >= 15 is 0 Å². The summed E-state index contributed by atoms with van der Waals surface area (Å²) in [4.78, 5) is 10.9. The van der Waals surface area contributed by atoms with Crippen LogP contribution in [0.25, 0.3) is 0 Å². The van der Waals surface area contributed by atoms with Crippen molar-refractivity contribution in [3.8, 4) is 0 Å². The van der Waals surface area contributed by atoms with E-state index in [0.717, 1.165) is 19.3 Å². The number of hydrogen-bond acceptors (Lipinski definition) is 5. The first-order valence-electron chi connectivity index (χ1n) is 6.77. The van der Waals surface area contributed by atoms with E-state index in [0.29, 0.717) is 13.0 Å². The van der Waals surface area contributed by atoms with Crippen molar-refractivity contribution in [3.05, 3.63) is 12.2 Å². The van der Waals surface area contributed by atoms with Crippen LogP contribution >= 0.6 is 0 Å². The van der Waals surface area contributed by atoms with Gasteiger partial charge in [0.1, 0.15) is 0 Å². The third kappa shape index (κ3) is 6.18. The van der Waals surface area contributed by atoms with Crippen molar-refractivity contribution in [1.29, 1.82) is 0 Å². The Bertz CT molecular complexity index is 290. The van der Waals surface area contributed by atoms with E-state index in [1.54, 1.807) is 0 Å². The molecule has 1 aliphatic heterocycles. The number of unbranched alkanes of at least 4 members (excludes halogenated alkanes) is 1. The fraction of sp³-hybridized carbons (Fsp3) is 0.786. The van der Waals surface area contributed by atoms with Gasteiger partial charge >= 0.3 is 5.97 Å². The van der Waals surface area contributed by atoms with E-state index in [4.69, 9.17) is 9.47 Å². The third-order valence-corrected chi connectivity index (χ3v) is 3.20. The lowest BCUT2D eigenvalue weighted by Gasteiger charge is -2.33. The lowest BCUT2D eigenvalue weighted by atomic mass is 9.98. The highest BCUT2D eigenvalue weighted by atomic mass is 16.7. The van der Waals surface area contributed by atoms with Crippen LogP contribution in [-0.4, -0.2) is 43.8 Å². The number of esters is 1.